The molecule has 0 amide bonds. The fourth-order valence-electron chi connectivity index (χ4n) is 5.11. The van der Waals surface area contributed by atoms with Crippen molar-refractivity contribution in [3.63, 3.8) is 0 Å². The number of nitrogens with zero attached hydrogens (tertiary/aromatic N) is 2. The Morgan fingerprint density at radius 2 is 1.43 bits per heavy atom. The largest absolute Gasteiger partial charge is 0.481 e. The van der Waals surface area contributed by atoms with Crippen LogP contribution in [0.2, 0.25) is 0 Å². The van der Waals surface area contributed by atoms with Gasteiger partial charge in [0, 0.05) is 34.9 Å². The van der Waals surface area contributed by atoms with Crippen molar-refractivity contribution < 1.29 is 19.8 Å². The highest BCUT2D eigenvalue weighted by Crippen LogP contribution is 2.34. The fourth-order valence-corrected chi connectivity index (χ4v) is 5.11. The molecule has 3 aromatic rings. The molecule has 0 saturated carbocycles. The SMILES string of the molecule is CC1=Cc2cc3[nH]c(cc4nc(cc5[nH]c(cc1n2)c(C)c5CCC(=O)O)C(CCC(=O)O)=C4C)cc3C.Cl.Cl. The third-order valence-corrected chi connectivity index (χ3v) is 7.26. The number of carbonyl (C=O) groups is 2. The summed E-state index contributed by atoms with van der Waals surface area (Å²) in [6.07, 6.45) is 2.74. The minimum atomic E-state index is -0.868. The number of aliphatic carboxylic acids is 2. The summed E-state index contributed by atoms with van der Waals surface area (Å²) in [7, 11) is 0. The Morgan fingerprint density at radius 1 is 0.750 bits per heavy atom. The Kier molecular flexibility index (Phi) is 9.28. The topological polar surface area (TPSA) is 132 Å². The lowest BCUT2D eigenvalue weighted by Crippen LogP contribution is -1.98. The predicted molar refractivity (Wildman–Crippen MR) is 164 cm³/mol. The van der Waals surface area contributed by atoms with Crippen LogP contribution in [0.3, 0.4) is 0 Å². The van der Waals surface area contributed by atoms with Crippen LogP contribution in [0.4, 0.5) is 0 Å². The monoisotopic (exact) mass is 582 g/mol. The molecule has 2 aliphatic rings. The number of aryl methyl sites for hydroxylation is 3. The zero-order valence-electron chi connectivity index (χ0n) is 22.7. The first kappa shape index (κ1) is 30.7. The van der Waals surface area contributed by atoms with Gasteiger partial charge >= 0.3 is 11.9 Å². The van der Waals surface area contributed by atoms with Gasteiger partial charge in [-0.1, -0.05) is 0 Å². The van der Waals surface area contributed by atoms with Crippen molar-refractivity contribution >= 4 is 81.6 Å². The Bertz CT molecular complexity index is 1730. The minimum Gasteiger partial charge on any atom is -0.481 e. The number of hydrogen-bond donors (Lipinski definition) is 4. The highest BCUT2D eigenvalue weighted by Gasteiger charge is 2.19. The van der Waals surface area contributed by atoms with Gasteiger partial charge in [-0.2, -0.15) is 0 Å². The van der Waals surface area contributed by atoms with Crippen LogP contribution in [0.15, 0.2) is 30.3 Å². The summed E-state index contributed by atoms with van der Waals surface area (Å²) >= 11 is 0. The smallest absolute Gasteiger partial charge is 0.303 e. The van der Waals surface area contributed by atoms with Crippen molar-refractivity contribution in [1.29, 1.82) is 0 Å². The molecule has 5 heterocycles. The molecule has 8 nitrogen and oxygen atoms in total. The highest BCUT2D eigenvalue weighted by atomic mass is 35.5. The molecule has 0 spiro atoms. The van der Waals surface area contributed by atoms with Crippen LogP contribution in [-0.4, -0.2) is 42.1 Å². The molecule has 5 rings (SSSR count). The highest BCUT2D eigenvalue weighted by molar-refractivity contribution is 5.94. The molecule has 4 N–H and O–H groups in total. The molecule has 10 heteroatoms. The number of allylic oxidation sites excluding steroid dienone is 3. The lowest BCUT2D eigenvalue weighted by molar-refractivity contribution is -0.137. The first-order chi connectivity index (χ1) is 18.1. The Hall–Kier alpha value is -3.88. The van der Waals surface area contributed by atoms with Gasteiger partial charge in [0.1, 0.15) is 0 Å². The lowest BCUT2D eigenvalue weighted by Gasteiger charge is -2.03. The third-order valence-electron chi connectivity index (χ3n) is 7.26. The van der Waals surface area contributed by atoms with E-state index in [0.29, 0.717) is 18.5 Å². The average Bonchev–Trinajstić information content (AvgIpc) is 3.53. The van der Waals surface area contributed by atoms with Crippen molar-refractivity contribution in [3.8, 4) is 0 Å². The molecule has 0 aromatic carbocycles. The van der Waals surface area contributed by atoms with E-state index in [0.717, 1.165) is 72.6 Å². The Balaban J connectivity index is 0.00000220. The van der Waals surface area contributed by atoms with Crippen LogP contribution < -0.4 is 0 Å². The normalized spacial score (nSPS) is 12.4. The minimum absolute atomic E-state index is 0. The summed E-state index contributed by atoms with van der Waals surface area (Å²) in [5.41, 5.74) is 12.4. The van der Waals surface area contributed by atoms with Crippen molar-refractivity contribution in [1.82, 2.24) is 19.9 Å². The number of halogens is 2. The maximum Gasteiger partial charge on any atom is 0.303 e. The molecule has 0 aliphatic carbocycles. The van der Waals surface area contributed by atoms with Crippen LogP contribution in [0.5, 0.6) is 0 Å². The van der Waals surface area contributed by atoms with E-state index in [2.05, 4.69) is 16.0 Å². The van der Waals surface area contributed by atoms with E-state index >= 15 is 0 Å². The van der Waals surface area contributed by atoms with Gasteiger partial charge in [0.05, 0.1) is 22.8 Å². The predicted octanol–water partition coefficient (Wildman–Crippen LogP) is 7.15. The fraction of sp³-hybridized carbons (Fsp3) is 0.267. The van der Waals surface area contributed by atoms with Gasteiger partial charge in [0.15, 0.2) is 0 Å². The van der Waals surface area contributed by atoms with Crippen LogP contribution in [0, 0.1) is 13.8 Å². The molecule has 0 atom stereocenters. The maximum absolute atomic E-state index is 11.4. The quantitative estimate of drug-likeness (QED) is 0.244. The molecule has 3 aromatic heterocycles. The second-order valence-electron chi connectivity index (χ2n) is 9.98. The molecular formula is C30H32Cl2N4O4. The van der Waals surface area contributed by atoms with E-state index in [4.69, 9.17) is 9.97 Å². The Labute approximate surface area is 244 Å². The van der Waals surface area contributed by atoms with Gasteiger partial charge in [0.25, 0.3) is 0 Å². The summed E-state index contributed by atoms with van der Waals surface area (Å²) in [5.74, 6) is -1.73. The second kappa shape index (κ2) is 12.1. The van der Waals surface area contributed by atoms with Gasteiger partial charge in [-0.25, -0.2) is 9.97 Å². The summed E-state index contributed by atoms with van der Waals surface area (Å²) in [4.78, 5) is 39.5. The van der Waals surface area contributed by atoms with Crippen LogP contribution in [-0.2, 0) is 16.0 Å². The van der Waals surface area contributed by atoms with Crippen LogP contribution >= 0.6 is 24.8 Å². The van der Waals surface area contributed by atoms with Crippen LogP contribution in [0.1, 0.15) is 72.6 Å². The molecule has 0 fully saturated rings. The summed E-state index contributed by atoms with van der Waals surface area (Å²) < 4.78 is 0. The number of H-pyrrole nitrogens is 2. The lowest BCUT2D eigenvalue weighted by atomic mass is 10.0. The zero-order chi connectivity index (χ0) is 27.1. The summed E-state index contributed by atoms with van der Waals surface area (Å²) in [6, 6.07) is 9.98. The number of nitrogens with one attached hydrogen (secondary N) is 2. The molecule has 210 valence electrons. The molecule has 0 saturated heterocycles. The number of aromatic amines is 2. The first-order valence-electron chi connectivity index (χ1n) is 12.6. The number of fused-ring (bicyclic) bond motifs is 8. The van der Waals surface area contributed by atoms with Crippen LogP contribution in [0.25, 0.3) is 44.9 Å². The molecular weight excluding hydrogens is 551 g/mol. The summed E-state index contributed by atoms with van der Waals surface area (Å²) in [6.45, 7) is 8.01. The van der Waals surface area contributed by atoms with E-state index in [-0.39, 0.29) is 37.7 Å². The molecule has 0 radical (unpaired) electrons. The number of aromatic nitrogens is 4. The van der Waals surface area contributed by atoms with E-state index in [1.54, 1.807) is 0 Å². The summed E-state index contributed by atoms with van der Waals surface area (Å²) in [5, 5.41) is 18.7. The molecule has 0 unspecified atom stereocenters. The van der Waals surface area contributed by atoms with Gasteiger partial charge < -0.3 is 20.2 Å². The second-order valence-corrected chi connectivity index (χ2v) is 9.98. The van der Waals surface area contributed by atoms with Crippen molar-refractivity contribution in [2.45, 2.75) is 53.4 Å². The van der Waals surface area contributed by atoms with Crippen molar-refractivity contribution in [2.75, 3.05) is 0 Å². The Morgan fingerprint density at radius 3 is 2.12 bits per heavy atom. The maximum atomic E-state index is 11.4. The number of carboxylic acids is 2. The molecule has 8 bridgehead atoms. The van der Waals surface area contributed by atoms with Crippen molar-refractivity contribution in [2.24, 2.45) is 0 Å². The van der Waals surface area contributed by atoms with Gasteiger partial charge in [0.2, 0.25) is 0 Å². The average molecular weight is 584 g/mol. The zero-order valence-corrected chi connectivity index (χ0v) is 24.3. The number of carboxylic acid groups (broad SMARTS) is 2. The number of rotatable bonds is 6. The molecule has 2 aliphatic heterocycles. The van der Waals surface area contributed by atoms with Crippen molar-refractivity contribution in [3.05, 3.63) is 69.8 Å². The number of hydrogen-bond acceptors (Lipinski definition) is 4. The van der Waals surface area contributed by atoms with E-state index in [9.17, 15) is 19.8 Å². The van der Waals surface area contributed by atoms with E-state index in [1.165, 1.54) is 0 Å². The van der Waals surface area contributed by atoms with Gasteiger partial charge in [-0.05, 0) is 110 Å². The first-order valence-corrected chi connectivity index (χ1v) is 12.6. The molecule has 40 heavy (non-hydrogen) atoms. The standard InChI is InChI=1S/C30H30N4O4.2ClH/c1-15-9-20-12-25-17(3)21(5-7-29(35)36)27(33-25)14-28-22(6-8-30(37)38)18(4)26(34-28)13-24-16(2)10-19(32-24)11-23(15)31-20;;/h9-14,31,34H,5-8H2,1-4H3,(H,35,36)(H,37,38);2*1H. The van der Waals surface area contributed by atoms with E-state index in [1.807, 2.05) is 58.0 Å². The van der Waals surface area contributed by atoms with E-state index < -0.39 is 11.9 Å². The third kappa shape index (κ3) is 6.13. The van der Waals surface area contributed by atoms with Gasteiger partial charge in [-0.15, -0.1) is 24.8 Å². The van der Waals surface area contributed by atoms with Gasteiger partial charge in [-0.3, -0.25) is 9.59 Å².